The summed E-state index contributed by atoms with van der Waals surface area (Å²) in [5.74, 6) is 0. The number of hydrogen-bond acceptors (Lipinski definition) is 3. The Morgan fingerprint density at radius 3 is 2.43 bits per heavy atom. The lowest BCUT2D eigenvalue weighted by atomic mass is 9.94. The predicted octanol–water partition coefficient (Wildman–Crippen LogP) is 0.794. The van der Waals surface area contributed by atoms with Gasteiger partial charge in [-0.15, -0.1) is 0 Å². The number of aromatic nitrogens is 2. The molecule has 0 aromatic carbocycles. The first-order chi connectivity index (χ1) is 6.35. The molecule has 0 amide bonds. The van der Waals surface area contributed by atoms with Gasteiger partial charge in [0, 0.05) is 18.8 Å². The van der Waals surface area contributed by atoms with Crippen molar-refractivity contribution in [2.45, 2.75) is 25.5 Å². The topological polar surface area (TPSA) is 41.3 Å². The van der Waals surface area contributed by atoms with Crippen molar-refractivity contribution in [2.24, 2.45) is 7.05 Å². The van der Waals surface area contributed by atoms with Crippen LogP contribution in [0.15, 0.2) is 12.5 Å². The molecule has 0 fully saturated rings. The Labute approximate surface area is 85.2 Å². The fourth-order valence-corrected chi connectivity index (χ4v) is 1.18. The van der Waals surface area contributed by atoms with Gasteiger partial charge in [0.1, 0.15) is 6.10 Å². The van der Waals surface area contributed by atoms with E-state index in [1.165, 1.54) is 0 Å². The fourth-order valence-electron chi connectivity index (χ4n) is 1.18. The van der Waals surface area contributed by atoms with Gasteiger partial charge in [0.15, 0.2) is 0 Å². The van der Waals surface area contributed by atoms with Crippen LogP contribution in [-0.2, 0) is 7.05 Å². The maximum atomic E-state index is 10.1. The number of aliphatic hydroxyl groups excluding tert-OH is 1. The molecule has 14 heavy (non-hydrogen) atoms. The number of aliphatic hydroxyl groups is 1. The van der Waals surface area contributed by atoms with Gasteiger partial charge in [-0.2, -0.15) is 0 Å². The minimum atomic E-state index is -0.571. The van der Waals surface area contributed by atoms with Gasteiger partial charge in [-0.1, -0.05) is 0 Å². The molecule has 1 N–H and O–H groups in total. The smallest absolute Gasteiger partial charge is 0.115 e. The third-order valence-electron chi connectivity index (χ3n) is 2.83. The van der Waals surface area contributed by atoms with Crippen LogP contribution in [0, 0.1) is 0 Å². The maximum Gasteiger partial charge on any atom is 0.115 e. The van der Waals surface area contributed by atoms with Crippen LogP contribution in [0.25, 0.3) is 0 Å². The standard InChI is InChI=1S/C10H19N3O/c1-10(2,12(3)4)9(14)8-6-13(5)7-11-8/h6-7,9,14H,1-5H3. The highest BCUT2D eigenvalue weighted by Gasteiger charge is 2.32. The zero-order valence-electron chi connectivity index (χ0n) is 9.52. The number of imidazole rings is 1. The van der Waals surface area contributed by atoms with Crippen molar-refractivity contribution in [3.8, 4) is 0 Å². The summed E-state index contributed by atoms with van der Waals surface area (Å²) in [7, 11) is 5.80. The lowest BCUT2D eigenvalue weighted by molar-refractivity contribution is 0.0138. The average Bonchev–Trinajstić information content (AvgIpc) is 2.50. The minimum Gasteiger partial charge on any atom is -0.385 e. The largest absolute Gasteiger partial charge is 0.385 e. The quantitative estimate of drug-likeness (QED) is 0.779. The Hall–Kier alpha value is -0.870. The van der Waals surface area contributed by atoms with E-state index < -0.39 is 6.10 Å². The molecule has 1 heterocycles. The predicted molar refractivity (Wildman–Crippen MR) is 55.9 cm³/mol. The van der Waals surface area contributed by atoms with Gasteiger partial charge in [-0.05, 0) is 27.9 Å². The molecule has 1 unspecified atom stereocenters. The van der Waals surface area contributed by atoms with Crippen molar-refractivity contribution in [3.63, 3.8) is 0 Å². The SMILES string of the molecule is CN(C)C(C)(C)C(O)c1cn(C)cn1. The molecule has 80 valence electrons. The second kappa shape index (κ2) is 3.71. The molecular formula is C10H19N3O. The van der Waals surface area contributed by atoms with Gasteiger partial charge in [-0.25, -0.2) is 4.98 Å². The molecule has 0 aliphatic rings. The Kier molecular flexibility index (Phi) is 2.97. The molecule has 0 saturated heterocycles. The number of aryl methyl sites for hydroxylation is 1. The summed E-state index contributed by atoms with van der Waals surface area (Å²) in [6.45, 7) is 3.98. The molecule has 0 aliphatic carbocycles. The summed E-state index contributed by atoms with van der Waals surface area (Å²) >= 11 is 0. The molecule has 0 spiro atoms. The van der Waals surface area contributed by atoms with Crippen molar-refractivity contribution >= 4 is 0 Å². The summed E-state index contributed by atoms with van der Waals surface area (Å²) in [4.78, 5) is 6.14. The second-order valence-electron chi connectivity index (χ2n) is 4.41. The van der Waals surface area contributed by atoms with Gasteiger partial charge in [0.25, 0.3) is 0 Å². The Morgan fingerprint density at radius 2 is 2.07 bits per heavy atom. The van der Waals surface area contributed by atoms with Crippen LogP contribution in [0.5, 0.6) is 0 Å². The van der Waals surface area contributed by atoms with E-state index in [4.69, 9.17) is 0 Å². The number of likely N-dealkylation sites (N-methyl/N-ethyl adjacent to an activating group) is 1. The fraction of sp³-hybridized carbons (Fsp3) is 0.700. The van der Waals surface area contributed by atoms with Crippen LogP contribution >= 0.6 is 0 Å². The summed E-state index contributed by atoms with van der Waals surface area (Å²) in [5.41, 5.74) is 0.403. The van der Waals surface area contributed by atoms with E-state index in [9.17, 15) is 5.11 Å². The molecule has 1 rings (SSSR count). The molecule has 0 bridgehead atoms. The van der Waals surface area contributed by atoms with Crippen LogP contribution in [0.1, 0.15) is 25.6 Å². The van der Waals surface area contributed by atoms with Crippen LogP contribution in [0.2, 0.25) is 0 Å². The lowest BCUT2D eigenvalue weighted by Gasteiger charge is -2.36. The Bertz CT molecular complexity index is 304. The van der Waals surface area contributed by atoms with Crippen molar-refractivity contribution in [2.75, 3.05) is 14.1 Å². The number of nitrogens with zero attached hydrogens (tertiary/aromatic N) is 3. The molecule has 4 nitrogen and oxygen atoms in total. The van der Waals surface area contributed by atoms with Gasteiger partial charge in [-0.3, -0.25) is 0 Å². The van der Waals surface area contributed by atoms with Crippen molar-refractivity contribution < 1.29 is 5.11 Å². The van der Waals surface area contributed by atoms with Crippen LogP contribution in [0.4, 0.5) is 0 Å². The maximum absolute atomic E-state index is 10.1. The Balaban J connectivity index is 2.89. The van der Waals surface area contributed by atoms with Gasteiger partial charge >= 0.3 is 0 Å². The monoisotopic (exact) mass is 197 g/mol. The lowest BCUT2D eigenvalue weighted by Crippen LogP contribution is -2.43. The molecule has 1 atom stereocenters. The van der Waals surface area contributed by atoms with Crippen LogP contribution in [-0.4, -0.2) is 39.2 Å². The van der Waals surface area contributed by atoms with Gasteiger partial charge < -0.3 is 14.6 Å². The first-order valence-corrected chi connectivity index (χ1v) is 4.69. The summed E-state index contributed by atoms with van der Waals surface area (Å²) < 4.78 is 1.84. The van der Waals surface area contributed by atoms with E-state index in [0.29, 0.717) is 5.69 Å². The average molecular weight is 197 g/mol. The van der Waals surface area contributed by atoms with E-state index in [1.54, 1.807) is 6.33 Å². The highest BCUT2D eigenvalue weighted by atomic mass is 16.3. The number of hydrogen-bond donors (Lipinski definition) is 1. The molecule has 0 radical (unpaired) electrons. The molecule has 1 aromatic heterocycles. The molecule has 0 aliphatic heterocycles. The zero-order valence-corrected chi connectivity index (χ0v) is 9.52. The van der Waals surface area contributed by atoms with E-state index in [2.05, 4.69) is 4.98 Å². The van der Waals surface area contributed by atoms with E-state index in [0.717, 1.165) is 0 Å². The van der Waals surface area contributed by atoms with Gasteiger partial charge in [0.05, 0.1) is 12.0 Å². The summed E-state index contributed by atoms with van der Waals surface area (Å²) in [6.07, 6.45) is 2.97. The molecule has 4 heteroatoms. The normalized spacial score (nSPS) is 14.8. The first kappa shape index (κ1) is 11.2. The van der Waals surface area contributed by atoms with E-state index in [1.807, 2.05) is 50.7 Å². The highest BCUT2D eigenvalue weighted by molar-refractivity contribution is 5.07. The Morgan fingerprint density at radius 1 is 1.50 bits per heavy atom. The third kappa shape index (κ3) is 1.96. The van der Waals surface area contributed by atoms with Crippen molar-refractivity contribution in [1.82, 2.24) is 14.5 Å². The molecular weight excluding hydrogens is 178 g/mol. The number of rotatable bonds is 3. The van der Waals surface area contributed by atoms with Crippen LogP contribution < -0.4 is 0 Å². The third-order valence-corrected chi connectivity index (χ3v) is 2.83. The summed E-state index contributed by atoms with van der Waals surface area (Å²) in [5, 5.41) is 10.1. The van der Waals surface area contributed by atoms with Crippen molar-refractivity contribution in [3.05, 3.63) is 18.2 Å². The molecule has 0 saturated carbocycles. The van der Waals surface area contributed by atoms with Crippen molar-refractivity contribution in [1.29, 1.82) is 0 Å². The van der Waals surface area contributed by atoms with Crippen LogP contribution in [0.3, 0.4) is 0 Å². The second-order valence-corrected chi connectivity index (χ2v) is 4.41. The van der Waals surface area contributed by atoms with E-state index in [-0.39, 0.29) is 5.54 Å². The molecule has 1 aromatic rings. The van der Waals surface area contributed by atoms with Gasteiger partial charge in [0.2, 0.25) is 0 Å². The van der Waals surface area contributed by atoms with E-state index >= 15 is 0 Å². The zero-order chi connectivity index (χ0) is 10.9. The first-order valence-electron chi connectivity index (χ1n) is 4.69. The highest BCUT2D eigenvalue weighted by Crippen LogP contribution is 2.27. The minimum absolute atomic E-state index is 0.311. The summed E-state index contributed by atoms with van der Waals surface area (Å²) in [6, 6.07) is 0.